The van der Waals surface area contributed by atoms with E-state index in [4.69, 9.17) is 32.7 Å². The topological polar surface area (TPSA) is 78.1 Å². The van der Waals surface area contributed by atoms with E-state index in [9.17, 15) is 4.79 Å². The van der Waals surface area contributed by atoms with E-state index in [-0.39, 0.29) is 12.5 Å². The zero-order chi connectivity index (χ0) is 23.9. The molecule has 34 heavy (non-hydrogen) atoms. The van der Waals surface area contributed by atoms with Gasteiger partial charge in [-0.3, -0.25) is 9.78 Å². The maximum absolute atomic E-state index is 14.2. The number of halogens is 2. The Kier molecular flexibility index (Phi) is 5.85. The van der Waals surface area contributed by atoms with Crippen molar-refractivity contribution in [3.63, 3.8) is 0 Å². The van der Waals surface area contributed by atoms with Gasteiger partial charge in [-0.15, -0.1) is 5.11 Å². The van der Waals surface area contributed by atoms with Gasteiger partial charge in [0.2, 0.25) is 5.78 Å². The summed E-state index contributed by atoms with van der Waals surface area (Å²) in [4.78, 5) is 18.5. The lowest BCUT2D eigenvalue weighted by Gasteiger charge is -2.22. The molecule has 0 saturated heterocycles. The SMILES string of the molecule is COc1ccc2c(c1)c(C(=O)C1(c3ccccn3)N=NCO1)c(C)n2Cc1ccc(Cl)cc1Cl. The number of Topliss-reactive ketones (excluding diaryl/α,β-unsaturated/α-hetero) is 1. The van der Waals surface area contributed by atoms with Gasteiger partial charge in [0.1, 0.15) is 11.4 Å². The summed E-state index contributed by atoms with van der Waals surface area (Å²) in [5, 5.41) is 10.0. The monoisotopic (exact) mass is 494 g/mol. The molecule has 0 saturated carbocycles. The molecule has 1 aliphatic heterocycles. The van der Waals surface area contributed by atoms with Crippen LogP contribution in [0.25, 0.3) is 10.9 Å². The number of nitrogens with zero attached hydrogens (tertiary/aromatic N) is 4. The number of aromatic nitrogens is 2. The Balaban J connectivity index is 1.71. The van der Waals surface area contributed by atoms with Crippen LogP contribution in [0.15, 0.2) is 71.0 Å². The van der Waals surface area contributed by atoms with Gasteiger partial charge in [0, 0.05) is 39.4 Å². The minimum absolute atomic E-state index is 0.0241. The summed E-state index contributed by atoms with van der Waals surface area (Å²) in [5.41, 5.74) is 1.65. The van der Waals surface area contributed by atoms with E-state index in [0.29, 0.717) is 39.0 Å². The smallest absolute Gasteiger partial charge is 0.287 e. The molecule has 1 unspecified atom stereocenters. The Hall–Kier alpha value is -3.26. The zero-order valence-corrected chi connectivity index (χ0v) is 20.0. The number of rotatable bonds is 6. The van der Waals surface area contributed by atoms with E-state index in [1.165, 1.54) is 0 Å². The van der Waals surface area contributed by atoms with Crippen molar-refractivity contribution < 1.29 is 14.3 Å². The first-order valence-electron chi connectivity index (χ1n) is 10.5. The number of hydrogen-bond donors (Lipinski definition) is 0. The van der Waals surface area contributed by atoms with Crippen LogP contribution >= 0.6 is 23.2 Å². The molecule has 0 radical (unpaired) electrons. The van der Waals surface area contributed by atoms with Gasteiger partial charge in [-0.25, -0.2) is 0 Å². The number of ether oxygens (including phenoxy) is 2. The molecule has 0 aliphatic carbocycles. The molecule has 7 nitrogen and oxygen atoms in total. The fraction of sp³-hybridized carbons (Fsp3) is 0.200. The van der Waals surface area contributed by atoms with E-state index in [2.05, 4.69) is 15.2 Å². The lowest BCUT2D eigenvalue weighted by Crippen LogP contribution is -2.35. The fourth-order valence-corrected chi connectivity index (χ4v) is 4.73. The van der Waals surface area contributed by atoms with Crippen LogP contribution in [0.2, 0.25) is 10.0 Å². The standard InChI is InChI=1S/C25H20Cl2N4O3/c1-15-23(24(32)25(30-29-14-34-25)22-5-3-4-10-28-22)19-12-18(33-2)8-9-21(19)31(15)13-16-6-7-17(26)11-20(16)27/h3-12H,13-14H2,1-2H3. The molecule has 1 aliphatic rings. The van der Waals surface area contributed by atoms with E-state index >= 15 is 0 Å². The number of carbonyl (C=O) groups excluding carboxylic acids is 1. The van der Waals surface area contributed by atoms with E-state index in [1.807, 2.05) is 35.8 Å². The number of methoxy groups -OCH3 is 1. The molecule has 3 heterocycles. The van der Waals surface area contributed by atoms with Crippen molar-refractivity contribution in [2.45, 2.75) is 19.2 Å². The number of hydrogen-bond acceptors (Lipinski definition) is 6. The molecular weight excluding hydrogens is 475 g/mol. The molecule has 2 aromatic heterocycles. The third kappa shape index (κ3) is 3.66. The summed E-state index contributed by atoms with van der Waals surface area (Å²) < 4.78 is 13.3. The molecule has 0 N–H and O–H groups in total. The van der Waals surface area contributed by atoms with Gasteiger partial charge >= 0.3 is 0 Å². The summed E-state index contributed by atoms with van der Waals surface area (Å²) in [5.74, 6) is 0.285. The summed E-state index contributed by atoms with van der Waals surface area (Å²) in [6, 6.07) is 16.3. The first kappa shape index (κ1) is 22.5. The van der Waals surface area contributed by atoms with Crippen LogP contribution < -0.4 is 4.74 Å². The Morgan fingerprint density at radius 1 is 1.18 bits per heavy atom. The normalized spacial score (nSPS) is 17.4. The highest BCUT2D eigenvalue weighted by molar-refractivity contribution is 6.35. The quantitative estimate of drug-likeness (QED) is 0.299. The molecule has 0 amide bonds. The molecule has 0 spiro atoms. The number of azo groups is 1. The maximum atomic E-state index is 14.2. The van der Waals surface area contributed by atoms with E-state index in [0.717, 1.165) is 16.8 Å². The lowest BCUT2D eigenvalue weighted by molar-refractivity contribution is 0.000818. The van der Waals surface area contributed by atoms with Crippen molar-refractivity contribution in [2.24, 2.45) is 10.2 Å². The van der Waals surface area contributed by atoms with Crippen LogP contribution in [0, 0.1) is 6.92 Å². The van der Waals surface area contributed by atoms with Crippen LogP contribution in [0.1, 0.15) is 27.3 Å². The van der Waals surface area contributed by atoms with Gasteiger partial charge in [0.25, 0.3) is 5.72 Å². The first-order valence-corrected chi connectivity index (χ1v) is 11.3. The van der Waals surface area contributed by atoms with Gasteiger partial charge in [0.05, 0.1) is 12.7 Å². The van der Waals surface area contributed by atoms with Crippen molar-refractivity contribution in [1.82, 2.24) is 9.55 Å². The van der Waals surface area contributed by atoms with Crippen molar-refractivity contribution in [3.05, 3.63) is 93.4 Å². The molecule has 0 bridgehead atoms. The largest absolute Gasteiger partial charge is 0.497 e. The van der Waals surface area contributed by atoms with E-state index in [1.54, 1.807) is 43.6 Å². The highest BCUT2D eigenvalue weighted by Gasteiger charge is 2.48. The summed E-state index contributed by atoms with van der Waals surface area (Å²) in [7, 11) is 1.59. The molecule has 5 rings (SSSR count). The maximum Gasteiger partial charge on any atom is 0.287 e. The average molecular weight is 495 g/mol. The molecule has 9 heteroatoms. The van der Waals surface area contributed by atoms with Gasteiger partial charge in [-0.2, -0.15) is 5.11 Å². The number of pyridine rings is 1. The number of ketones is 1. The molecule has 4 aromatic rings. The Morgan fingerprint density at radius 3 is 2.71 bits per heavy atom. The molecular formula is C25H20Cl2N4O3. The number of benzene rings is 2. The molecule has 172 valence electrons. The van der Waals surface area contributed by atoms with Crippen molar-refractivity contribution in [2.75, 3.05) is 13.8 Å². The third-order valence-corrected chi connectivity index (χ3v) is 6.55. The Bertz CT molecular complexity index is 1440. The predicted molar refractivity (Wildman–Crippen MR) is 130 cm³/mol. The van der Waals surface area contributed by atoms with Crippen molar-refractivity contribution in [1.29, 1.82) is 0 Å². The van der Waals surface area contributed by atoms with E-state index < -0.39 is 5.72 Å². The number of fused-ring (bicyclic) bond motifs is 1. The summed E-state index contributed by atoms with van der Waals surface area (Å²) in [6.45, 7) is 2.31. The second kappa shape index (κ2) is 8.83. The second-order valence-corrected chi connectivity index (χ2v) is 8.71. The van der Waals surface area contributed by atoms with Crippen LogP contribution in [-0.2, 0) is 17.0 Å². The van der Waals surface area contributed by atoms with Crippen molar-refractivity contribution in [3.8, 4) is 5.75 Å². The highest BCUT2D eigenvalue weighted by atomic mass is 35.5. The van der Waals surface area contributed by atoms with Gasteiger partial charge in [-0.1, -0.05) is 35.3 Å². The lowest BCUT2D eigenvalue weighted by atomic mass is 9.95. The Morgan fingerprint density at radius 2 is 2.03 bits per heavy atom. The second-order valence-electron chi connectivity index (χ2n) is 7.87. The number of carbonyl (C=O) groups is 1. The van der Waals surface area contributed by atoms with Crippen LogP contribution in [0.5, 0.6) is 5.75 Å². The first-order chi connectivity index (χ1) is 16.4. The highest BCUT2D eigenvalue weighted by Crippen LogP contribution is 2.39. The minimum atomic E-state index is -1.65. The summed E-state index contributed by atoms with van der Waals surface area (Å²) >= 11 is 12.5. The van der Waals surface area contributed by atoms with Crippen LogP contribution in [0.4, 0.5) is 0 Å². The van der Waals surface area contributed by atoms with Gasteiger partial charge in [0.15, 0.2) is 6.73 Å². The molecule has 1 atom stereocenters. The predicted octanol–water partition coefficient (Wildman–Crippen LogP) is 6.18. The van der Waals surface area contributed by atoms with Gasteiger partial charge < -0.3 is 14.0 Å². The van der Waals surface area contributed by atoms with Crippen LogP contribution in [-0.4, -0.2) is 29.2 Å². The minimum Gasteiger partial charge on any atom is -0.497 e. The molecule has 2 aromatic carbocycles. The average Bonchev–Trinajstić information content (AvgIpc) is 3.45. The third-order valence-electron chi connectivity index (χ3n) is 5.96. The Labute approximate surface area is 205 Å². The van der Waals surface area contributed by atoms with Crippen molar-refractivity contribution >= 4 is 39.9 Å². The van der Waals surface area contributed by atoms with Gasteiger partial charge in [-0.05, 0) is 55.0 Å². The molecule has 0 fully saturated rings. The summed E-state index contributed by atoms with van der Waals surface area (Å²) in [6.07, 6.45) is 1.60. The fourth-order valence-electron chi connectivity index (χ4n) is 4.26. The zero-order valence-electron chi connectivity index (χ0n) is 18.5. The van der Waals surface area contributed by atoms with Crippen LogP contribution in [0.3, 0.4) is 0 Å².